The Morgan fingerprint density at radius 2 is 1.48 bits per heavy atom. The van der Waals surface area contributed by atoms with Gasteiger partial charge in [-0.3, -0.25) is 0 Å². The van der Waals surface area contributed by atoms with Crippen LogP contribution in [0, 0.1) is 6.92 Å². The third kappa shape index (κ3) is 5.35. The lowest BCUT2D eigenvalue weighted by Gasteiger charge is -2.11. The number of sulfonamides is 1. The van der Waals surface area contributed by atoms with Crippen LogP contribution >= 0.6 is 0 Å². The lowest BCUT2D eigenvalue weighted by atomic mass is 10.2. The van der Waals surface area contributed by atoms with Crippen molar-refractivity contribution in [3.05, 3.63) is 54.1 Å². The van der Waals surface area contributed by atoms with Crippen molar-refractivity contribution in [1.82, 2.24) is 9.62 Å². The summed E-state index contributed by atoms with van der Waals surface area (Å²) in [7, 11) is 0.305. The SMILES string of the molecule is Cc1ccc(Oc2ccc(S(=O)(=O)NCCN(C)C)cc2)cc1. The van der Waals surface area contributed by atoms with E-state index < -0.39 is 10.0 Å². The molecular weight excluding hydrogens is 312 g/mol. The van der Waals surface area contributed by atoms with Crippen LogP contribution in [0.5, 0.6) is 11.5 Å². The monoisotopic (exact) mass is 334 g/mol. The average molecular weight is 334 g/mol. The Kier molecular flexibility index (Phi) is 5.76. The summed E-state index contributed by atoms with van der Waals surface area (Å²) < 4.78 is 32.6. The molecule has 2 rings (SSSR count). The predicted octanol–water partition coefficient (Wildman–Crippen LogP) is 2.63. The van der Waals surface area contributed by atoms with Crippen LogP contribution in [-0.2, 0) is 10.0 Å². The van der Waals surface area contributed by atoms with Gasteiger partial charge in [-0.25, -0.2) is 13.1 Å². The molecule has 0 saturated carbocycles. The second-order valence-corrected chi connectivity index (χ2v) is 7.35. The lowest BCUT2D eigenvalue weighted by Crippen LogP contribution is -2.31. The van der Waals surface area contributed by atoms with Crippen molar-refractivity contribution in [2.75, 3.05) is 27.2 Å². The van der Waals surface area contributed by atoms with Gasteiger partial charge >= 0.3 is 0 Å². The number of rotatable bonds is 7. The molecule has 2 aromatic rings. The number of ether oxygens (including phenoxy) is 1. The minimum atomic E-state index is -3.48. The van der Waals surface area contributed by atoms with Gasteiger partial charge in [0, 0.05) is 13.1 Å². The zero-order chi connectivity index (χ0) is 16.9. The highest BCUT2D eigenvalue weighted by molar-refractivity contribution is 7.89. The maximum atomic E-state index is 12.2. The molecule has 2 aromatic carbocycles. The maximum absolute atomic E-state index is 12.2. The van der Waals surface area contributed by atoms with Crippen molar-refractivity contribution >= 4 is 10.0 Å². The van der Waals surface area contributed by atoms with E-state index in [2.05, 4.69) is 4.72 Å². The molecule has 6 heteroatoms. The van der Waals surface area contributed by atoms with Gasteiger partial charge in [0.2, 0.25) is 10.0 Å². The minimum Gasteiger partial charge on any atom is -0.457 e. The van der Waals surface area contributed by atoms with E-state index in [-0.39, 0.29) is 4.90 Å². The molecule has 0 radical (unpaired) electrons. The molecule has 0 aliphatic carbocycles. The van der Waals surface area contributed by atoms with Gasteiger partial charge in [-0.15, -0.1) is 0 Å². The van der Waals surface area contributed by atoms with E-state index in [0.717, 1.165) is 11.3 Å². The van der Waals surface area contributed by atoms with Gasteiger partial charge < -0.3 is 9.64 Å². The van der Waals surface area contributed by atoms with Crippen LogP contribution < -0.4 is 9.46 Å². The number of nitrogens with one attached hydrogen (secondary N) is 1. The number of hydrogen-bond donors (Lipinski definition) is 1. The molecule has 0 spiro atoms. The largest absolute Gasteiger partial charge is 0.457 e. The Bertz CT molecular complexity index is 723. The molecule has 0 aliphatic rings. The number of nitrogens with zero attached hydrogens (tertiary/aromatic N) is 1. The van der Waals surface area contributed by atoms with E-state index >= 15 is 0 Å². The predicted molar refractivity (Wildman–Crippen MR) is 91.4 cm³/mol. The van der Waals surface area contributed by atoms with Crippen molar-refractivity contribution < 1.29 is 13.2 Å². The van der Waals surface area contributed by atoms with Crippen LogP contribution in [-0.4, -0.2) is 40.5 Å². The molecule has 0 aliphatic heterocycles. The quantitative estimate of drug-likeness (QED) is 0.846. The van der Waals surface area contributed by atoms with Gasteiger partial charge in [-0.05, 0) is 57.4 Å². The third-order valence-electron chi connectivity index (χ3n) is 3.24. The topological polar surface area (TPSA) is 58.6 Å². The zero-order valence-corrected chi connectivity index (χ0v) is 14.4. The van der Waals surface area contributed by atoms with E-state index in [4.69, 9.17) is 4.74 Å². The number of aryl methyl sites for hydroxylation is 1. The normalized spacial score (nSPS) is 11.7. The van der Waals surface area contributed by atoms with Crippen molar-refractivity contribution in [2.24, 2.45) is 0 Å². The molecule has 0 amide bonds. The van der Waals surface area contributed by atoms with Crippen LogP contribution in [0.3, 0.4) is 0 Å². The summed E-state index contributed by atoms with van der Waals surface area (Å²) in [6.45, 7) is 3.03. The standard InChI is InChI=1S/C17H22N2O3S/c1-14-4-6-15(7-5-14)22-16-8-10-17(11-9-16)23(20,21)18-12-13-19(2)3/h4-11,18H,12-13H2,1-3H3. The molecule has 0 atom stereocenters. The van der Waals surface area contributed by atoms with Crippen LogP contribution in [0.25, 0.3) is 0 Å². The van der Waals surface area contributed by atoms with Crippen LogP contribution in [0.15, 0.2) is 53.4 Å². The summed E-state index contributed by atoms with van der Waals surface area (Å²) in [6.07, 6.45) is 0. The first-order chi connectivity index (χ1) is 10.9. The molecule has 0 fully saturated rings. The highest BCUT2D eigenvalue weighted by atomic mass is 32.2. The molecule has 0 saturated heterocycles. The van der Waals surface area contributed by atoms with Gasteiger partial charge in [-0.2, -0.15) is 0 Å². The van der Waals surface area contributed by atoms with Crippen LogP contribution in [0.1, 0.15) is 5.56 Å². The molecule has 1 N–H and O–H groups in total. The molecule has 0 bridgehead atoms. The molecule has 0 heterocycles. The molecule has 0 aromatic heterocycles. The second-order valence-electron chi connectivity index (χ2n) is 5.59. The Morgan fingerprint density at radius 1 is 0.957 bits per heavy atom. The summed E-state index contributed by atoms with van der Waals surface area (Å²) in [6, 6.07) is 14.1. The van der Waals surface area contributed by atoms with Crippen molar-refractivity contribution in [1.29, 1.82) is 0 Å². The first kappa shape index (κ1) is 17.5. The van der Waals surface area contributed by atoms with E-state index in [1.807, 2.05) is 50.2 Å². The van der Waals surface area contributed by atoms with Gasteiger partial charge in [0.1, 0.15) is 11.5 Å². The Hall–Kier alpha value is -1.89. The maximum Gasteiger partial charge on any atom is 0.240 e. The summed E-state index contributed by atoms with van der Waals surface area (Å²) in [5.41, 5.74) is 1.16. The van der Waals surface area contributed by atoms with Gasteiger partial charge in [-0.1, -0.05) is 17.7 Å². The third-order valence-corrected chi connectivity index (χ3v) is 4.72. The Morgan fingerprint density at radius 3 is 2.00 bits per heavy atom. The molecule has 0 unspecified atom stereocenters. The fourth-order valence-electron chi connectivity index (χ4n) is 1.92. The van der Waals surface area contributed by atoms with Crippen LogP contribution in [0.4, 0.5) is 0 Å². The highest BCUT2D eigenvalue weighted by Gasteiger charge is 2.13. The van der Waals surface area contributed by atoms with Crippen molar-refractivity contribution in [3.63, 3.8) is 0 Å². The molecular formula is C17H22N2O3S. The summed E-state index contributed by atoms with van der Waals surface area (Å²) in [5.74, 6) is 1.32. The van der Waals surface area contributed by atoms with Gasteiger partial charge in [0.05, 0.1) is 4.90 Å². The van der Waals surface area contributed by atoms with E-state index in [0.29, 0.717) is 18.8 Å². The summed E-state index contributed by atoms with van der Waals surface area (Å²) >= 11 is 0. The lowest BCUT2D eigenvalue weighted by molar-refractivity contribution is 0.412. The van der Waals surface area contributed by atoms with E-state index in [9.17, 15) is 8.42 Å². The molecule has 5 nitrogen and oxygen atoms in total. The van der Waals surface area contributed by atoms with Gasteiger partial charge in [0.15, 0.2) is 0 Å². The summed E-state index contributed by atoms with van der Waals surface area (Å²) in [4.78, 5) is 2.15. The van der Waals surface area contributed by atoms with Crippen molar-refractivity contribution in [2.45, 2.75) is 11.8 Å². The van der Waals surface area contributed by atoms with Gasteiger partial charge in [0.25, 0.3) is 0 Å². The fraction of sp³-hybridized carbons (Fsp3) is 0.294. The van der Waals surface area contributed by atoms with E-state index in [1.165, 1.54) is 0 Å². The number of benzene rings is 2. The number of hydrogen-bond acceptors (Lipinski definition) is 4. The second kappa shape index (κ2) is 7.59. The Labute approximate surface area is 137 Å². The highest BCUT2D eigenvalue weighted by Crippen LogP contribution is 2.23. The smallest absolute Gasteiger partial charge is 0.240 e. The number of likely N-dealkylation sites (N-methyl/N-ethyl adjacent to an activating group) is 1. The molecule has 124 valence electrons. The first-order valence-corrected chi connectivity index (χ1v) is 8.84. The van der Waals surface area contributed by atoms with Crippen LogP contribution in [0.2, 0.25) is 0 Å². The Balaban J connectivity index is 2.02. The molecule has 23 heavy (non-hydrogen) atoms. The van der Waals surface area contributed by atoms with E-state index in [1.54, 1.807) is 24.3 Å². The fourth-order valence-corrected chi connectivity index (χ4v) is 2.94. The average Bonchev–Trinajstić information content (AvgIpc) is 2.49. The van der Waals surface area contributed by atoms with Crippen molar-refractivity contribution in [3.8, 4) is 11.5 Å². The minimum absolute atomic E-state index is 0.229. The summed E-state index contributed by atoms with van der Waals surface area (Å²) in [5, 5.41) is 0. The zero-order valence-electron chi connectivity index (χ0n) is 13.6. The first-order valence-electron chi connectivity index (χ1n) is 7.36.